The molecular formula is C12H15NO. The Morgan fingerprint density at radius 3 is 3.14 bits per heavy atom. The van der Waals surface area contributed by atoms with Crippen LogP contribution in [0.25, 0.3) is 0 Å². The van der Waals surface area contributed by atoms with Crippen molar-refractivity contribution in [2.75, 3.05) is 7.11 Å². The van der Waals surface area contributed by atoms with Gasteiger partial charge in [-0.1, -0.05) is 18.2 Å². The first-order valence-electron chi connectivity index (χ1n) is 5.07. The Morgan fingerprint density at radius 2 is 2.43 bits per heavy atom. The smallest absolute Gasteiger partial charge is 0.216 e. The molecule has 1 aliphatic carbocycles. The molecular weight excluding hydrogens is 174 g/mol. The molecule has 2 nitrogen and oxygen atoms in total. The van der Waals surface area contributed by atoms with Gasteiger partial charge in [0.2, 0.25) is 5.88 Å². The summed E-state index contributed by atoms with van der Waals surface area (Å²) >= 11 is 0. The van der Waals surface area contributed by atoms with Crippen molar-refractivity contribution in [2.45, 2.75) is 25.2 Å². The first-order chi connectivity index (χ1) is 6.92. The molecule has 14 heavy (non-hydrogen) atoms. The van der Waals surface area contributed by atoms with E-state index in [-0.39, 0.29) is 0 Å². The lowest BCUT2D eigenvalue weighted by Crippen LogP contribution is -2.02. The van der Waals surface area contributed by atoms with Crippen LogP contribution >= 0.6 is 0 Å². The third-order valence-electron chi connectivity index (χ3n) is 2.65. The molecule has 0 spiro atoms. The largest absolute Gasteiger partial charge is 0.481 e. The van der Waals surface area contributed by atoms with E-state index in [9.17, 15) is 0 Å². The van der Waals surface area contributed by atoms with E-state index < -0.39 is 0 Å². The average Bonchev–Trinajstić information content (AvgIpc) is 2.30. The molecule has 0 fully saturated rings. The zero-order valence-corrected chi connectivity index (χ0v) is 8.44. The second-order valence-electron chi connectivity index (χ2n) is 3.57. The minimum absolute atomic E-state index is 0.493. The molecule has 74 valence electrons. The van der Waals surface area contributed by atoms with Crippen LogP contribution < -0.4 is 4.74 Å². The summed E-state index contributed by atoms with van der Waals surface area (Å²) in [4.78, 5) is 4.22. The van der Waals surface area contributed by atoms with Gasteiger partial charge in [0.05, 0.1) is 7.11 Å². The minimum atomic E-state index is 0.493. The van der Waals surface area contributed by atoms with Crippen molar-refractivity contribution in [2.24, 2.45) is 0 Å². The first-order valence-corrected chi connectivity index (χ1v) is 5.07. The van der Waals surface area contributed by atoms with Gasteiger partial charge in [-0.15, -0.1) is 0 Å². The highest BCUT2D eigenvalue weighted by atomic mass is 16.5. The maximum absolute atomic E-state index is 5.25. The highest BCUT2D eigenvalue weighted by Crippen LogP contribution is 2.32. The maximum Gasteiger partial charge on any atom is 0.216 e. The van der Waals surface area contributed by atoms with Crippen LogP contribution in [0.3, 0.4) is 0 Å². The van der Waals surface area contributed by atoms with E-state index in [2.05, 4.69) is 23.2 Å². The molecule has 0 saturated heterocycles. The van der Waals surface area contributed by atoms with E-state index in [4.69, 9.17) is 4.74 Å². The molecule has 0 radical (unpaired) electrons. The molecule has 0 aromatic carbocycles. The zero-order valence-electron chi connectivity index (χ0n) is 8.44. The molecule has 0 aliphatic heterocycles. The van der Waals surface area contributed by atoms with Gasteiger partial charge >= 0.3 is 0 Å². The molecule has 2 rings (SSSR count). The summed E-state index contributed by atoms with van der Waals surface area (Å²) in [5, 5.41) is 0. The molecule has 0 amide bonds. The van der Waals surface area contributed by atoms with Gasteiger partial charge in [-0.3, -0.25) is 0 Å². The van der Waals surface area contributed by atoms with Crippen molar-refractivity contribution in [3.63, 3.8) is 0 Å². The first kappa shape index (κ1) is 9.25. The topological polar surface area (TPSA) is 22.1 Å². The fourth-order valence-electron chi connectivity index (χ4n) is 1.93. The summed E-state index contributed by atoms with van der Waals surface area (Å²) < 4.78 is 5.25. The lowest BCUT2D eigenvalue weighted by Gasteiger charge is -2.18. The molecule has 0 saturated carbocycles. The maximum atomic E-state index is 5.25. The zero-order chi connectivity index (χ0) is 9.80. The molecule has 1 aromatic rings. The Kier molecular flexibility index (Phi) is 2.82. The number of pyridine rings is 1. The normalized spacial score (nSPS) is 20.8. The van der Waals surface area contributed by atoms with Crippen molar-refractivity contribution in [1.29, 1.82) is 0 Å². The average molecular weight is 189 g/mol. The Hall–Kier alpha value is -1.31. The summed E-state index contributed by atoms with van der Waals surface area (Å²) in [7, 11) is 1.68. The van der Waals surface area contributed by atoms with Crippen LogP contribution in [0.5, 0.6) is 5.88 Å². The van der Waals surface area contributed by atoms with Crippen molar-refractivity contribution in [1.82, 2.24) is 4.98 Å². The van der Waals surface area contributed by atoms with Crippen molar-refractivity contribution in [3.8, 4) is 5.88 Å². The summed E-state index contributed by atoms with van der Waals surface area (Å²) in [6.07, 6.45) is 9.97. The quantitative estimate of drug-likeness (QED) is 0.667. The fourth-order valence-corrected chi connectivity index (χ4v) is 1.93. The fraction of sp³-hybridized carbons (Fsp3) is 0.417. The van der Waals surface area contributed by atoms with Gasteiger partial charge in [-0.05, 0) is 25.3 Å². The van der Waals surface area contributed by atoms with Crippen LogP contribution in [0.15, 0.2) is 30.5 Å². The lowest BCUT2D eigenvalue weighted by molar-refractivity contribution is 0.389. The molecule has 1 aromatic heterocycles. The Morgan fingerprint density at radius 1 is 1.50 bits per heavy atom. The molecule has 1 aliphatic rings. The summed E-state index contributed by atoms with van der Waals surface area (Å²) in [6.45, 7) is 0. The van der Waals surface area contributed by atoms with Crippen LogP contribution in [-0.2, 0) is 0 Å². The summed E-state index contributed by atoms with van der Waals surface area (Å²) in [5.74, 6) is 1.26. The van der Waals surface area contributed by atoms with Gasteiger partial charge in [0.15, 0.2) is 0 Å². The molecule has 0 N–H and O–H groups in total. The third kappa shape index (κ3) is 1.79. The number of methoxy groups -OCH3 is 1. The number of nitrogens with zero attached hydrogens (tertiary/aromatic N) is 1. The number of aromatic nitrogens is 1. The Labute approximate surface area is 84.6 Å². The number of hydrogen-bond acceptors (Lipinski definition) is 2. The van der Waals surface area contributed by atoms with E-state index >= 15 is 0 Å². The second-order valence-corrected chi connectivity index (χ2v) is 3.57. The monoisotopic (exact) mass is 189 g/mol. The van der Waals surface area contributed by atoms with Crippen molar-refractivity contribution < 1.29 is 4.74 Å². The van der Waals surface area contributed by atoms with Gasteiger partial charge in [0.25, 0.3) is 0 Å². The van der Waals surface area contributed by atoms with Crippen molar-refractivity contribution in [3.05, 3.63) is 36.0 Å². The Balaban J connectivity index is 2.29. The predicted molar refractivity (Wildman–Crippen MR) is 56.5 cm³/mol. The predicted octanol–water partition coefficient (Wildman–Crippen LogP) is 2.91. The van der Waals surface area contributed by atoms with Gasteiger partial charge in [-0.25, -0.2) is 4.98 Å². The number of ether oxygens (including phenoxy) is 1. The van der Waals surface area contributed by atoms with Crippen LogP contribution in [0.4, 0.5) is 0 Å². The van der Waals surface area contributed by atoms with Crippen LogP contribution in [-0.4, -0.2) is 12.1 Å². The minimum Gasteiger partial charge on any atom is -0.481 e. The van der Waals surface area contributed by atoms with E-state index in [1.54, 1.807) is 13.3 Å². The van der Waals surface area contributed by atoms with Gasteiger partial charge < -0.3 is 4.74 Å². The lowest BCUT2D eigenvalue weighted by atomic mass is 9.90. The van der Waals surface area contributed by atoms with Crippen LogP contribution in [0, 0.1) is 0 Å². The highest BCUT2D eigenvalue weighted by molar-refractivity contribution is 5.33. The molecule has 1 unspecified atom stereocenters. The van der Waals surface area contributed by atoms with E-state index in [0.717, 1.165) is 5.88 Å². The number of hydrogen-bond donors (Lipinski definition) is 0. The summed E-state index contributed by atoms with van der Waals surface area (Å²) in [6, 6.07) is 4.08. The van der Waals surface area contributed by atoms with Crippen LogP contribution in [0.2, 0.25) is 0 Å². The van der Waals surface area contributed by atoms with Crippen molar-refractivity contribution >= 4 is 0 Å². The summed E-state index contributed by atoms with van der Waals surface area (Å²) in [5.41, 5.74) is 1.21. The standard InChI is InChI=1S/C12H15NO/c1-14-12-11(8-5-9-13-12)10-6-3-2-4-7-10/h3,5-6,8-10H,2,4,7H2,1H3. The Bertz CT molecular complexity index is 333. The second kappa shape index (κ2) is 4.27. The number of rotatable bonds is 2. The van der Waals surface area contributed by atoms with Gasteiger partial charge in [0.1, 0.15) is 0 Å². The molecule has 1 atom stereocenters. The third-order valence-corrected chi connectivity index (χ3v) is 2.65. The number of allylic oxidation sites excluding steroid dienone is 2. The molecule has 2 heteroatoms. The van der Waals surface area contributed by atoms with E-state index in [1.807, 2.05) is 6.07 Å². The van der Waals surface area contributed by atoms with E-state index in [0.29, 0.717) is 5.92 Å². The molecule has 1 heterocycles. The van der Waals surface area contributed by atoms with Gasteiger partial charge in [-0.2, -0.15) is 0 Å². The highest BCUT2D eigenvalue weighted by Gasteiger charge is 2.15. The SMILES string of the molecule is COc1ncccc1C1C=CCCC1. The molecule has 0 bridgehead atoms. The van der Waals surface area contributed by atoms with E-state index in [1.165, 1.54) is 24.8 Å². The van der Waals surface area contributed by atoms with Gasteiger partial charge in [0, 0.05) is 17.7 Å². The van der Waals surface area contributed by atoms with Crippen LogP contribution in [0.1, 0.15) is 30.7 Å².